The van der Waals surface area contributed by atoms with Crippen molar-refractivity contribution in [1.29, 1.82) is 0 Å². The number of benzene rings is 1. The third kappa shape index (κ3) is 8.71. The van der Waals surface area contributed by atoms with E-state index in [-0.39, 0.29) is 37.7 Å². The van der Waals surface area contributed by atoms with Crippen LogP contribution < -0.4 is 5.32 Å². The van der Waals surface area contributed by atoms with Crippen LogP contribution in [0.3, 0.4) is 0 Å². The second kappa shape index (κ2) is 14.5. The van der Waals surface area contributed by atoms with Crippen molar-refractivity contribution in [1.82, 2.24) is 9.99 Å². The molecule has 2 unspecified atom stereocenters. The van der Waals surface area contributed by atoms with Gasteiger partial charge < -0.3 is 20.1 Å². The van der Waals surface area contributed by atoms with Crippen LogP contribution in [0.5, 0.6) is 0 Å². The molecule has 3 atom stereocenters. The van der Waals surface area contributed by atoms with Crippen LogP contribution >= 0.6 is 7.52 Å². The Kier molecular flexibility index (Phi) is 12.8. The molecule has 1 aromatic carbocycles. The zero-order valence-corrected chi connectivity index (χ0v) is 23.3. The van der Waals surface area contributed by atoms with Crippen LogP contribution in [-0.4, -0.2) is 57.5 Å². The van der Waals surface area contributed by atoms with E-state index < -0.39 is 36.7 Å². The summed E-state index contributed by atoms with van der Waals surface area (Å²) in [5.74, 6) is -3.59. The molecule has 0 aliphatic carbocycles. The van der Waals surface area contributed by atoms with Crippen molar-refractivity contribution < 1.29 is 33.7 Å². The number of likely N-dealkylation sites (N-methyl/N-ethyl adjacent to an activating group) is 1. The molecule has 9 nitrogen and oxygen atoms in total. The number of nitrogens with one attached hydrogen (secondary N) is 1. The fourth-order valence-electron chi connectivity index (χ4n) is 4.14. The largest absolute Gasteiger partial charge is 0.480 e. The van der Waals surface area contributed by atoms with Crippen LogP contribution in [0.1, 0.15) is 72.3 Å². The van der Waals surface area contributed by atoms with Gasteiger partial charge in [0.25, 0.3) is 7.52 Å². The van der Waals surface area contributed by atoms with Gasteiger partial charge in [0.05, 0.1) is 6.61 Å². The van der Waals surface area contributed by atoms with E-state index >= 15 is 0 Å². The summed E-state index contributed by atoms with van der Waals surface area (Å²) in [5.41, 5.74) is -1.20. The maximum atomic E-state index is 13.8. The fraction of sp³-hybridized carbons (Fsp3) is 0.654. The van der Waals surface area contributed by atoms with Crippen molar-refractivity contribution in [2.75, 3.05) is 13.7 Å². The SMILES string of the molecule is CCCC(NC(=O)OCC(C)C)P(=O)(O)N(C)[C@@](CC(C)C)(C(=O)O)C(=O)CCCc1ccccc1. The van der Waals surface area contributed by atoms with Crippen molar-refractivity contribution in [2.24, 2.45) is 11.8 Å². The molecule has 3 N–H and O–H groups in total. The monoisotopic (exact) mass is 526 g/mol. The van der Waals surface area contributed by atoms with Crippen molar-refractivity contribution >= 4 is 25.4 Å². The highest BCUT2D eigenvalue weighted by molar-refractivity contribution is 7.56. The standard InChI is InChI=1S/C26H43N2O7P/c1-7-12-23(27-25(32)35-18-20(4)5)36(33,34)28(6)26(24(30)31,17-19(2)3)22(29)16-11-15-21-13-9-8-10-14-21/h8-10,13-14,19-20,23H,7,11-12,15-18H2,1-6H3,(H,27,32)(H,30,31)(H,33,34)/t23?,26-/m1/s1. The number of amides is 1. The first-order valence-corrected chi connectivity index (χ1v) is 14.3. The smallest absolute Gasteiger partial charge is 0.407 e. The van der Waals surface area contributed by atoms with Gasteiger partial charge in [0.15, 0.2) is 11.3 Å². The second-order valence-electron chi connectivity index (χ2n) is 10.1. The van der Waals surface area contributed by atoms with Gasteiger partial charge in [0, 0.05) is 6.42 Å². The maximum absolute atomic E-state index is 13.8. The Hall–Kier alpha value is -2.22. The lowest BCUT2D eigenvalue weighted by molar-refractivity contribution is -0.155. The van der Waals surface area contributed by atoms with E-state index in [0.29, 0.717) is 19.3 Å². The van der Waals surface area contributed by atoms with E-state index in [4.69, 9.17) is 4.74 Å². The number of Topliss-reactive ketones (excluding diaryl/α,β-unsaturated/α-hetero) is 1. The summed E-state index contributed by atoms with van der Waals surface area (Å²) >= 11 is 0. The van der Waals surface area contributed by atoms with Gasteiger partial charge in [0.1, 0.15) is 5.78 Å². The highest BCUT2D eigenvalue weighted by Gasteiger charge is 2.56. The molecule has 0 saturated heterocycles. The second-order valence-corrected chi connectivity index (χ2v) is 12.5. The summed E-state index contributed by atoms with van der Waals surface area (Å²) in [7, 11) is -3.38. The lowest BCUT2D eigenvalue weighted by Crippen LogP contribution is -2.59. The number of ketones is 1. The highest BCUT2D eigenvalue weighted by Crippen LogP contribution is 2.54. The predicted molar refractivity (Wildman–Crippen MR) is 140 cm³/mol. The molecule has 0 aliphatic heterocycles. The molecule has 0 aromatic heterocycles. The fourth-order valence-corrected chi connectivity index (χ4v) is 6.19. The van der Waals surface area contributed by atoms with E-state index in [1.54, 1.807) is 20.8 Å². The number of aryl methyl sites for hydroxylation is 1. The Bertz CT molecular complexity index is 907. The van der Waals surface area contributed by atoms with Crippen LogP contribution in [0, 0.1) is 11.8 Å². The molecular weight excluding hydrogens is 483 g/mol. The summed E-state index contributed by atoms with van der Waals surface area (Å²) in [4.78, 5) is 49.8. The summed E-state index contributed by atoms with van der Waals surface area (Å²) in [5, 5.41) is 12.8. The minimum atomic E-state index is -4.57. The van der Waals surface area contributed by atoms with E-state index in [9.17, 15) is 28.9 Å². The van der Waals surface area contributed by atoms with E-state index in [0.717, 1.165) is 10.2 Å². The first-order chi connectivity index (χ1) is 16.8. The third-order valence-corrected chi connectivity index (χ3v) is 8.41. The van der Waals surface area contributed by atoms with Gasteiger partial charge in [0.2, 0.25) is 0 Å². The summed E-state index contributed by atoms with van der Waals surface area (Å²) < 4.78 is 19.7. The van der Waals surface area contributed by atoms with Gasteiger partial charge in [-0.15, -0.1) is 0 Å². The predicted octanol–water partition coefficient (Wildman–Crippen LogP) is 5.07. The summed E-state index contributed by atoms with van der Waals surface area (Å²) in [6, 6.07) is 9.52. The van der Waals surface area contributed by atoms with Gasteiger partial charge in [-0.05, 0) is 50.1 Å². The molecule has 0 saturated carbocycles. The first-order valence-electron chi connectivity index (χ1n) is 12.6. The Morgan fingerprint density at radius 3 is 2.22 bits per heavy atom. The van der Waals surface area contributed by atoms with Crippen LogP contribution in [0.4, 0.5) is 4.79 Å². The van der Waals surface area contributed by atoms with Gasteiger partial charge in [-0.25, -0.2) is 14.3 Å². The lowest BCUT2D eigenvalue weighted by atomic mass is 9.82. The Morgan fingerprint density at radius 1 is 1.11 bits per heavy atom. The van der Waals surface area contributed by atoms with Gasteiger partial charge in [-0.1, -0.05) is 71.4 Å². The lowest BCUT2D eigenvalue weighted by Gasteiger charge is -2.42. The number of hydrogen-bond donors (Lipinski definition) is 3. The first kappa shape index (κ1) is 31.8. The van der Waals surface area contributed by atoms with Crippen LogP contribution in [0.15, 0.2) is 30.3 Å². The average Bonchev–Trinajstić information content (AvgIpc) is 2.80. The van der Waals surface area contributed by atoms with Crippen LogP contribution in [0.25, 0.3) is 0 Å². The molecule has 0 fully saturated rings. The molecule has 0 bridgehead atoms. The zero-order valence-electron chi connectivity index (χ0n) is 22.4. The topological polar surface area (TPSA) is 133 Å². The number of carboxylic acid groups (broad SMARTS) is 1. The number of rotatable bonds is 16. The van der Waals surface area contributed by atoms with Crippen LogP contribution in [0.2, 0.25) is 0 Å². The Morgan fingerprint density at radius 2 is 1.72 bits per heavy atom. The number of ether oxygens (including phenoxy) is 1. The molecule has 36 heavy (non-hydrogen) atoms. The van der Waals surface area contributed by atoms with E-state index in [2.05, 4.69) is 5.32 Å². The van der Waals surface area contributed by atoms with Gasteiger partial charge in [-0.3, -0.25) is 9.36 Å². The number of carbonyl (C=O) groups excluding carboxylic acids is 2. The number of carboxylic acids is 1. The average molecular weight is 527 g/mol. The molecule has 204 valence electrons. The van der Waals surface area contributed by atoms with Gasteiger partial charge >= 0.3 is 12.1 Å². The van der Waals surface area contributed by atoms with Crippen LogP contribution in [-0.2, 0) is 25.3 Å². The molecule has 1 rings (SSSR count). The number of nitrogens with zero attached hydrogens (tertiary/aromatic N) is 1. The summed E-state index contributed by atoms with van der Waals surface area (Å²) in [6.07, 6.45) is 0.454. The minimum absolute atomic E-state index is 0.0689. The number of carbonyl (C=O) groups is 3. The van der Waals surface area contributed by atoms with E-state index in [1.165, 1.54) is 7.05 Å². The maximum Gasteiger partial charge on any atom is 0.407 e. The molecule has 0 radical (unpaired) electrons. The number of aliphatic carboxylic acids is 1. The number of hydrogen-bond acceptors (Lipinski definition) is 5. The van der Waals surface area contributed by atoms with Crippen molar-refractivity contribution in [3.63, 3.8) is 0 Å². The molecule has 10 heteroatoms. The molecule has 1 amide bonds. The minimum Gasteiger partial charge on any atom is -0.480 e. The van der Waals surface area contributed by atoms with Crippen molar-refractivity contribution in [3.05, 3.63) is 35.9 Å². The molecule has 1 aromatic rings. The van der Waals surface area contributed by atoms with Crippen molar-refractivity contribution in [2.45, 2.75) is 84.5 Å². The number of alkyl carbamates (subject to hydrolysis) is 1. The third-order valence-electron chi connectivity index (χ3n) is 6.01. The highest BCUT2D eigenvalue weighted by atomic mass is 31.2. The summed E-state index contributed by atoms with van der Waals surface area (Å²) in [6.45, 7) is 9.15. The van der Waals surface area contributed by atoms with Gasteiger partial charge in [-0.2, -0.15) is 0 Å². The van der Waals surface area contributed by atoms with Crippen molar-refractivity contribution in [3.8, 4) is 0 Å². The molecule has 0 heterocycles. The molecule has 0 spiro atoms. The normalized spacial score (nSPS) is 15.8. The molecule has 0 aliphatic rings. The Balaban J connectivity index is 3.27. The quantitative estimate of drug-likeness (QED) is 0.201. The Labute approximate surface area is 215 Å². The molecular formula is C26H43N2O7P. The zero-order chi connectivity index (χ0) is 27.5. The van der Waals surface area contributed by atoms with E-state index in [1.807, 2.05) is 44.2 Å².